The molecule has 0 aliphatic rings. The van der Waals surface area contributed by atoms with Gasteiger partial charge in [-0.05, 0) is 12.1 Å². The minimum absolute atomic E-state index is 0.0889. The van der Waals surface area contributed by atoms with Crippen LogP contribution in [0.3, 0.4) is 0 Å². The van der Waals surface area contributed by atoms with Gasteiger partial charge in [-0.3, -0.25) is 9.59 Å². The summed E-state index contributed by atoms with van der Waals surface area (Å²) in [5.74, 6) is -5.40. The minimum atomic E-state index is -1.66. The van der Waals surface area contributed by atoms with Gasteiger partial charge >= 0.3 is 0 Å². The van der Waals surface area contributed by atoms with Crippen molar-refractivity contribution in [3.63, 3.8) is 0 Å². The number of hydrogen-bond acceptors (Lipinski definition) is 3. The van der Waals surface area contributed by atoms with Crippen LogP contribution in [0.15, 0.2) is 12.1 Å². The number of rotatable bonds is 5. The van der Waals surface area contributed by atoms with Crippen molar-refractivity contribution in [2.75, 3.05) is 17.6 Å². The molecular formula is C14H17F3N2O2S. The maximum absolute atomic E-state index is 13.4. The van der Waals surface area contributed by atoms with E-state index in [2.05, 4.69) is 10.6 Å². The third kappa shape index (κ3) is 5.97. The molecule has 1 aromatic carbocycles. The topological polar surface area (TPSA) is 58.2 Å². The van der Waals surface area contributed by atoms with E-state index in [1.54, 1.807) is 0 Å². The van der Waals surface area contributed by atoms with Gasteiger partial charge in [0, 0.05) is 4.75 Å². The van der Waals surface area contributed by atoms with Crippen molar-refractivity contribution in [3.8, 4) is 0 Å². The normalized spacial score (nSPS) is 11.2. The summed E-state index contributed by atoms with van der Waals surface area (Å²) in [6, 6.07) is 1.61. The lowest BCUT2D eigenvalue weighted by atomic mass is 10.2. The molecule has 4 nitrogen and oxygen atoms in total. The average molecular weight is 334 g/mol. The standard InChI is InChI=1S/C14H17F3N2O2S/c1-14(2,3)22-7-11(21)18-6-10(20)19-9-5-4-8(15)12(16)13(9)17/h4-5H,6-7H2,1-3H3,(H,18,21)(H,19,20). The van der Waals surface area contributed by atoms with E-state index in [1.807, 2.05) is 20.8 Å². The van der Waals surface area contributed by atoms with Crippen molar-refractivity contribution in [2.45, 2.75) is 25.5 Å². The van der Waals surface area contributed by atoms with E-state index >= 15 is 0 Å². The van der Waals surface area contributed by atoms with E-state index in [9.17, 15) is 22.8 Å². The van der Waals surface area contributed by atoms with Crippen molar-refractivity contribution >= 4 is 29.3 Å². The zero-order valence-electron chi connectivity index (χ0n) is 12.4. The molecule has 0 saturated carbocycles. The summed E-state index contributed by atoms with van der Waals surface area (Å²) >= 11 is 1.41. The number of nitrogens with one attached hydrogen (secondary N) is 2. The summed E-state index contributed by atoms with van der Waals surface area (Å²) in [5.41, 5.74) is -0.484. The third-order valence-electron chi connectivity index (χ3n) is 2.39. The summed E-state index contributed by atoms with van der Waals surface area (Å²) in [5, 5.41) is 4.42. The molecule has 1 aromatic rings. The Kier molecular flexibility index (Phi) is 6.28. The smallest absolute Gasteiger partial charge is 0.243 e. The van der Waals surface area contributed by atoms with E-state index in [4.69, 9.17) is 0 Å². The number of benzene rings is 1. The molecule has 0 radical (unpaired) electrons. The first-order valence-electron chi connectivity index (χ1n) is 6.44. The lowest BCUT2D eigenvalue weighted by Gasteiger charge is -2.16. The number of carbonyl (C=O) groups excluding carboxylic acids is 2. The van der Waals surface area contributed by atoms with Crippen molar-refractivity contribution in [2.24, 2.45) is 0 Å². The van der Waals surface area contributed by atoms with Gasteiger partial charge in [-0.25, -0.2) is 13.2 Å². The summed E-state index contributed by atoms with van der Waals surface area (Å²) < 4.78 is 39.0. The van der Waals surface area contributed by atoms with Gasteiger partial charge in [-0.15, -0.1) is 11.8 Å². The summed E-state index contributed by atoms with van der Waals surface area (Å²) in [6.45, 7) is 5.46. The highest BCUT2D eigenvalue weighted by molar-refractivity contribution is 8.01. The van der Waals surface area contributed by atoms with Crippen LogP contribution >= 0.6 is 11.8 Å². The fourth-order valence-corrected chi connectivity index (χ4v) is 1.99. The van der Waals surface area contributed by atoms with Crippen LogP contribution in [0.25, 0.3) is 0 Å². The Morgan fingerprint density at radius 1 is 1.09 bits per heavy atom. The molecule has 0 aromatic heterocycles. The molecule has 2 N–H and O–H groups in total. The Bertz CT molecular complexity index is 574. The van der Waals surface area contributed by atoms with Crippen LogP contribution in [-0.2, 0) is 9.59 Å². The Labute approximate surface area is 130 Å². The fourth-order valence-electron chi connectivity index (χ4n) is 1.33. The van der Waals surface area contributed by atoms with Crippen LogP contribution in [0, 0.1) is 17.5 Å². The number of hydrogen-bond donors (Lipinski definition) is 2. The number of thioether (sulfide) groups is 1. The molecule has 0 atom stereocenters. The molecule has 0 heterocycles. The van der Waals surface area contributed by atoms with E-state index in [1.165, 1.54) is 11.8 Å². The molecule has 22 heavy (non-hydrogen) atoms. The molecule has 0 aliphatic heterocycles. The first-order valence-corrected chi connectivity index (χ1v) is 7.42. The first-order chi connectivity index (χ1) is 10.1. The zero-order chi connectivity index (χ0) is 16.9. The molecule has 2 amide bonds. The van der Waals surface area contributed by atoms with Crippen LogP contribution in [0.4, 0.5) is 18.9 Å². The molecule has 0 saturated heterocycles. The molecule has 0 spiro atoms. The first kappa shape index (κ1) is 18.3. The molecular weight excluding hydrogens is 317 g/mol. The Hall–Kier alpha value is -1.70. The molecule has 8 heteroatoms. The predicted octanol–water partition coefficient (Wildman–Crippen LogP) is 2.69. The molecule has 0 fully saturated rings. The predicted molar refractivity (Wildman–Crippen MR) is 80.2 cm³/mol. The van der Waals surface area contributed by atoms with Gasteiger partial charge in [0.15, 0.2) is 17.5 Å². The number of amides is 2. The van der Waals surface area contributed by atoms with Gasteiger partial charge in [-0.1, -0.05) is 20.8 Å². The number of anilines is 1. The second-order valence-corrected chi connectivity index (χ2v) is 7.25. The Morgan fingerprint density at radius 2 is 1.73 bits per heavy atom. The fraction of sp³-hybridized carbons (Fsp3) is 0.429. The van der Waals surface area contributed by atoms with E-state index in [0.717, 1.165) is 6.07 Å². The second-order valence-electron chi connectivity index (χ2n) is 5.45. The molecule has 122 valence electrons. The minimum Gasteiger partial charge on any atom is -0.346 e. The van der Waals surface area contributed by atoms with Crippen LogP contribution < -0.4 is 10.6 Å². The Balaban J connectivity index is 2.47. The highest BCUT2D eigenvalue weighted by Gasteiger charge is 2.16. The summed E-state index contributed by atoms with van der Waals surface area (Å²) in [6.07, 6.45) is 0. The van der Waals surface area contributed by atoms with Crippen molar-refractivity contribution < 1.29 is 22.8 Å². The average Bonchev–Trinajstić information content (AvgIpc) is 2.43. The van der Waals surface area contributed by atoms with Crippen molar-refractivity contribution in [1.82, 2.24) is 5.32 Å². The number of carbonyl (C=O) groups is 2. The van der Waals surface area contributed by atoms with Gasteiger partial charge in [0.1, 0.15) is 0 Å². The second kappa shape index (κ2) is 7.53. The molecule has 0 aliphatic carbocycles. The highest BCUT2D eigenvalue weighted by atomic mass is 32.2. The summed E-state index contributed by atoms with van der Waals surface area (Å²) in [7, 11) is 0. The van der Waals surface area contributed by atoms with Crippen LogP contribution in [0.2, 0.25) is 0 Å². The summed E-state index contributed by atoms with van der Waals surface area (Å²) in [4.78, 5) is 23.1. The van der Waals surface area contributed by atoms with Crippen molar-refractivity contribution in [1.29, 1.82) is 0 Å². The SMILES string of the molecule is CC(C)(C)SCC(=O)NCC(=O)Nc1ccc(F)c(F)c1F. The molecule has 1 rings (SSSR count). The monoisotopic (exact) mass is 334 g/mol. The van der Waals surface area contributed by atoms with Crippen molar-refractivity contribution in [3.05, 3.63) is 29.6 Å². The van der Waals surface area contributed by atoms with Gasteiger partial charge in [-0.2, -0.15) is 0 Å². The zero-order valence-corrected chi connectivity index (χ0v) is 13.2. The highest BCUT2D eigenvalue weighted by Crippen LogP contribution is 2.22. The van der Waals surface area contributed by atoms with Gasteiger partial charge in [0.25, 0.3) is 0 Å². The van der Waals surface area contributed by atoms with Crippen LogP contribution in [0.5, 0.6) is 0 Å². The lowest BCUT2D eigenvalue weighted by molar-refractivity contribution is -0.122. The maximum atomic E-state index is 13.4. The molecule has 0 bridgehead atoms. The quantitative estimate of drug-likeness (QED) is 0.814. The van der Waals surface area contributed by atoms with E-state index < -0.39 is 29.0 Å². The molecule has 0 unspecified atom stereocenters. The van der Waals surface area contributed by atoms with Gasteiger partial charge in [0.2, 0.25) is 11.8 Å². The van der Waals surface area contributed by atoms with Gasteiger partial charge < -0.3 is 10.6 Å². The van der Waals surface area contributed by atoms with E-state index in [-0.39, 0.29) is 23.0 Å². The van der Waals surface area contributed by atoms with Gasteiger partial charge in [0.05, 0.1) is 18.0 Å². The Morgan fingerprint density at radius 3 is 2.32 bits per heavy atom. The van der Waals surface area contributed by atoms with Crippen LogP contribution in [-0.4, -0.2) is 28.9 Å². The third-order valence-corrected chi connectivity index (χ3v) is 3.66. The largest absolute Gasteiger partial charge is 0.346 e. The lowest BCUT2D eigenvalue weighted by Crippen LogP contribution is -2.34. The van der Waals surface area contributed by atoms with E-state index in [0.29, 0.717) is 6.07 Å². The maximum Gasteiger partial charge on any atom is 0.243 e. The van der Waals surface area contributed by atoms with Crippen LogP contribution in [0.1, 0.15) is 20.8 Å². The number of halogens is 3.